The van der Waals surface area contributed by atoms with Crippen molar-refractivity contribution in [3.8, 4) is 22.1 Å². The lowest BCUT2D eigenvalue weighted by molar-refractivity contribution is -0.137. The number of hydrogen-bond donors (Lipinski definition) is 1. The number of ether oxygens (including phenoxy) is 2. The molecule has 1 aliphatic rings. The summed E-state index contributed by atoms with van der Waals surface area (Å²) in [6.07, 6.45) is -4.58. The topological polar surface area (TPSA) is 93.7 Å². The number of amides is 2. The molecule has 5 rings (SSSR count). The van der Waals surface area contributed by atoms with E-state index in [1.807, 2.05) is 36.4 Å². The molecule has 206 valence electrons. The van der Waals surface area contributed by atoms with Crippen molar-refractivity contribution >= 4 is 28.3 Å². The van der Waals surface area contributed by atoms with Crippen LogP contribution in [0.1, 0.15) is 40.9 Å². The molecule has 4 aromatic rings. The van der Waals surface area contributed by atoms with Crippen LogP contribution in [0.3, 0.4) is 0 Å². The summed E-state index contributed by atoms with van der Waals surface area (Å²) in [5.74, 6) is 0.364. The van der Waals surface area contributed by atoms with Crippen molar-refractivity contribution < 1.29 is 32.2 Å². The number of alkyl halides is 3. The lowest BCUT2D eigenvalue weighted by Gasteiger charge is -2.30. The molecule has 0 saturated carbocycles. The Bertz CT molecular complexity index is 1510. The lowest BCUT2D eigenvalue weighted by Crippen LogP contribution is -2.36. The Kier molecular flexibility index (Phi) is 7.69. The summed E-state index contributed by atoms with van der Waals surface area (Å²) in [7, 11) is 0. The highest BCUT2D eigenvalue weighted by molar-refractivity contribution is 7.18. The molecule has 1 atom stereocenters. The first kappa shape index (κ1) is 27.1. The number of benzene rings is 3. The van der Waals surface area contributed by atoms with Crippen LogP contribution in [0.4, 0.5) is 18.3 Å². The van der Waals surface area contributed by atoms with Crippen molar-refractivity contribution in [2.24, 2.45) is 0 Å². The van der Waals surface area contributed by atoms with Gasteiger partial charge in [-0.1, -0.05) is 41.7 Å². The SMILES string of the molecule is C[C@@H](c1ccccc1)N(CCC(=O)Nc1nnc(-c2ccc3c(c2)OCO3)s1)C(=O)c1ccc(C(F)(F)F)cc1. The minimum absolute atomic E-state index is 0.0234. The van der Waals surface area contributed by atoms with Crippen molar-refractivity contribution in [2.75, 3.05) is 18.7 Å². The fourth-order valence-corrected chi connectivity index (χ4v) is 4.93. The predicted molar refractivity (Wildman–Crippen MR) is 142 cm³/mol. The van der Waals surface area contributed by atoms with E-state index in [0.29, 0.717) is 16.5 Å². The molecule has 2 amide bonds. The average molecular weight is 569 g/mol. The molecule has 12 heteroatoms. The standard InChI is InChI=1S/C28H23F3N4O4S/c1-17(18-5-3-2-4-6-18)35(26(37)19-7-10-21(11-8-19)28(29,30)31)14-13-24(36)32-27-34-33-25(40-27)20-9-12-22-23(15-20)39-16-38-22/h2-12,15,17H,13-14,16H2,1H3,(H,32,34,36)/t17-/m0/s1. The van der Waals surface area contributed by atoms with E-state index < -0.39 is 23.7 Å². The molecule has 0 aliphatic carbocycles. The zero-order valence-corrected chi connectivity index (χ0v) is 22.0. The summed E-state index contributed by atoms with van der Waals surface area (Å²) in [6, 6.07) is 18.1. The first-order chi connectivity index (χ1) is 19.2. The number of fused-ring (bicyclic) bond motifs is 1. The number of nitrogens with one attached hydrogen (secondary N) is 1. The lowest BCUT2D eigenvalue weighted by atomic mass is 10.0. The molecule has 0 radical (unpaired) electrons. The molecule has 1 N–H and O–H groups in total. The van der Waals surface area contributed by atoms with Gasteiger partial charge in [0, 0.05) is 24.1 Å². The number of aromatic nitrogens is 2. The third-order valence-corrected chi connectivity index (χ3v) is 7.23. The van der Waals surface area contributed by atoms with E-state index in [4.69, 9.17) is 9.47 Å². The van der Waals surface area contributed by atoms with Crippen molar-refractivity contribution in [1.82, 2.24) is 15.1 Å². The predicted octanol–water partition coefficient (Wildman–Crippen LogP) is 6.18. The van der Waals surface area contributed by atoms with Gasteiger partial charge in [0.05, 0.1) is 11.6 Å². The molecule has 0 fully saturated rings. The summed E-state index contributed by atoms with van der Waals surface area (Å²) in [4.78, 5) is 27.7. The Balaban J connectivity index is 1.28. The van der Waals surface area contributed by atoms with E-state index in [9.17, 15) is 22.8 Å². The molecule has 0 unspecified atom stereocenters. The second-order valence-corrected chi connectivity index (χ2v) is 9.92. The fourth-order valence-electron chi connectivity index (χ4n) is 4.17. The normalized spacial score (nSPS) is 13.1. The van der Waals surface area contributed by atoms with Gasteiger partial charge in [0.2, 0.25) is 17.8 Å². The number of hydrogen-bond acceptors (Lipinski definition) is 7. The Hall–Kier alpha value is -4.45. The third kappa shape index (κ3) is 6.07. The summed E-state index contributed by atoms with van der Waals surface area (Å²) < 4.78 is 49.7. The average Bonchev–Trinajstić information content (AvgIpc) is 3.62. The van der Waals surface area contributed by atoms with Crippen LogP contribution in [0.5, 0.6) is 11.5 Å². The van der Waals surface area contributed by atoms with E-state index in [0.717, 1.165) is 35.4 Å². The van der Waals surface area contributed by atoms with E-state index in [-0.39, 0.29) is 36.4 Å². The highest BCUT2D eigenvalue weighted by atomic mass is 32.1. The van der Waals surface area contributed by atoms with Gasteiger partial charge in [-0.15, -0.1) is 10.2 Å². The van der Waals surface area contributed by atoms with Crippen LogP contribution >= 0.6 is 11.3 Å². The maximum Gasteiger partial charge on any atom is 0.416 e. The number of carbonyl (C=O) groups excluding carboxylic acids is 2. The quantitative estimate of drug-likeness (QED) is 0.273. The van der Waals surface area contributed by atoms with Crippen molar-refractivity contribution in [1.29, 1.82) is 0 Å². The van der Waals surface area contributed by atoms with E-state index >= 15 is 0 Å². The van der Waals surface area contributed by atoms with Crippen LogP contribution in [-0.2, 0) is 11.0 Å². The molecule has 40 heavy (non-hydrogen) atoms. The first-order valence-electron chi connectivity index (χ1n) is 12.3. The van der Waals surface area contributed by atoms with Gasteiger partial charge in [-0.3, -0.25) is 9.59 Å². The van der Waals surface area contributed by atoms with Gasteiger partial charge in [0.25, 0.3) is 5.91 Å². The number of halogens is 3. The number of nitrogens with zero attached hydrogens (tertiary/aromatic N) is 3. The van der Waals surface area contributed by atoms with Gasteiger partial charge in [-0.05, 0) is 55.0 Å². The molecule has 8 nitrogen and oxygen atoms in total. The minimum atomic E-state index is -4.51. The largest absolute Gasteiger partial charge is 0.454 e. The number of carbonyl (C=O) groups is 2. The minimum Gasteiger partial charge on any atom is -0.454 e. The highest BCUT2D eigenvalue weighted by Gasteiger charge is 2.31. The molecular formula is C28H23F3N4O4S. The monoisotopic (exact) mass is 568 g/mol. The van der Waals surface area contributed by atoms with Crippen LogP contribution < -0.4 is 14.8 Å². The van der Waals surface area contributed by atoms with Crippen molar-refractivity contribution in [3.05, 3.63) is 89.5 Å². The Morgan fingerprint density at radius 1 is 1.00 bits per heavy atom. The van der Waals surface area contributed by atoms with Gasteiger partial charge in [-0.25, -0.2) is 0 Å². The van der Waals surface area contributed by atoms with Crippen LogP contribution in [0, 0.1) is 0 Å². The van der Waals surface area contributed by atoms with Gasteiger partial charge >= 0.3 is 6.18 Å². The zero-order valence-electron chi connectivity index (χ0n) is 21.1. The first-order valence-corrected chi connectivity index (χ1v) is 13.1. The molecule has 3 aromatic carbocycles. The van der Waals surface area contributed by atoms with Gasteiger partial charge in [0.1, 0.15) is 5.01 Å². The Morgan fingerprint density at radius 3 is 2.45 bits per heavy atom. The van der Waals surface area contributed by atoms with Crippen LogP contribution in [0.2, 0.25) is 0 Å². The number of anilines is 1. The molecule has 2 heterocycles. The Labute approximate surface area is 231 Å². The molecule has 0 bridgehead atoms. The van der Waals surface area contributed by atoms with Gasteiger partial charge in [0.15, 0.2) is 11.5 Å². The van der Waals surface area contributed by atoms with E-state index in [1.165, 1.54) is 16.2 Å². The summed E-state index contributed by atoms with van der Waals surface area (Å²) in [6.45, 7) is 1.98. The van der Waals surface area contributed by atoms with Crippen molar-refractivity contribution in [2.45, 2.75) is 25.6 Å². The summed E-state index contributed by atoms with van der Waals surface area (Å²) in [5, 5.41) is 11.7. The molecule has 1 aliphatic heterocycles. The molecular weight excluding hydrogens is 545 g/mol. The fraction of sp³-hybridized carbons (Fsp3) is 0.214. The molecule has 1 aromatic heterocycles. The van der Waals surface area contributed by atoms with Crippen LogP contribution in [0.15, 0.2) is 72.8 Å². The van der Waals surface area contributed by atoms with Crippen molar-refractivity contribution in [3.63, 3.8) is 0 Å². The maximum atomic E-state index is 13.4. The van der Waals surface area contributed by atoms with Crippen LogP contribution in [-0.4, -0.2) is 40.2 Å². The third-order valence-electron chi connectivity index (χ3n) is 6.34. The second-order valence-electron chi connectivity index (χ2n) is 8.94. The molecule has 0 spiro atoms. The summed E-state index contributed by atoms with van der Waals surface area (Å²) in [5.41, 5.74) is 0.824. The Morgan fingerprint density at radius 2 is 1.73 bits per heavy atom. The van der Waals surface area contributed by atoms with E-state index in [2.05, 4.69) is 15.5 Å². The highest BCUT2D eigenvalue weighted by Crippen LogP contribution is 2.37. The smallest absolute Gasteiger partial charge is 0.416 e. The van der Waals surface area contributed by atoms with Gasteiger partial charge < -0.3 is 19.7 Å². The number of rotatable bonds is 8. The second kappa shape index (κ2) is 11.3. The summed E-state index contributed by atoms with van der Waals surface area (Å²) >= 11 is 1.18. The molecule has 0 saturated heterocycles. The zero-order chi connectivity index (χ0) is 28.3. The van der Waals surface area contributed by atoms with Gasteiger partial charge in [-0.2, -0.15) is 13.2 Å². The van der Waals surface area contributed by atoms with Crippen LogP contribution in [0.25, 0.3) is 10.6 Å². The maximum absolute atomic E-state index is 13.4. The van der Waals surface area contributed by atoms with E-state index in [1.54, 1.807) is 19.1 Å².